The molecule has 0 N–H and O–H groups in total. The average Bonchev–Trinajstić information content (AvgIpc) is 3.67. The monoisotopic (exact) mass is 747 g/mol. The van der Waals surface area contributed by atoms with E-state index in [1.54, 1.807) is 0 Å². The number of fused-ring (bicyclic) bond motifs is 5. The Bertz CT molecular complexity index is 3030. The number of thiophene rings is 1. The normalized spacial score (nSPS) is 15.9. The third-order valence-electron chi connectivity index (χ3n) is 11.6. The van der Waals surface area contributed by atoms with Gasteiger partial charge in [-0.1, -0.05) is 152 Å². The van der Waals surface area contributed by atoms with E-state index in [1.807, 2.05) is 11.3 Å². The number of hydrogen-bond donors (Lipinski definition) is 0. The first-order valence-electron chi connectivity index (χ1n) is 19.7. The van der Waals surface area contributed by atoms with Gasteiger partial charge in [-0.25, -0.2) is 15.0 Å². The Labute approximate surface area is 336 Å². The van der Waals surface area contributed by atoms with Crippen LogP contribution in [0.5, 0.6) is 0 Å². The topological polar surface area (TPSA) is 38.7 Å². The zero-order chi connectivity index (χ0) is 37.7. The summed E-state index contributed by atoms with van der Waals surface area (Å²) in [5.41, 5.74) is 14.4. The molecule has 0 saturated carbocycles. The highest BCUT2D eigenvalue weighted by molar-refractivity contribution is 7.26. The van der Waals surface area contributed by atoms with Crippen LogP contribution in [-0.4, -0.2) is 15.0 Å². The van der Waals surface area contributed by atoms with Crippen molar-refractivity contribution in [1.82, 2.24) is 15.0 Å². The van der Waals surface area contributed by atoms with E-state index in [-0.39, 0.29) is 0 Å². The fourth-order valence-electron chi connectivity index (χ4n) is 8.60. The standard InChI is InChI=1S/C53H37N3S/c1-3-12-34(13-4-1)38-18-11-19-39(28-38)45-32-47(50-46-20-9-10-21-48(46)57-49(50)33-45)53-55-51(43-26-22-36-16-7-8-17-37(36)30-43)54-52(56-53)44-27-25-41-29-40(23-24-42(41)31-44)35-14-5-2-6-15-35/h1-24,26,28-29,31-33,37H,25,27,30H2. The van der Waals surface area contributed by atoms with Crippen molar-refractivity contribution in [2.24, 2.45) is 5.92 Å². The lowest BCUT2D eigenvalue weighted by atomic mass is 9.84. The molecule has 3 nitrogen and oxygen atoms in total. The molecule has 8 aromatic rings. The minimum Gasteiger partial charge on any atom is -0.209 e. The summed E-state index contributed by atoms with van der Waals surface area (Å²) < 4.78 is 2.48. The molecule has 0 radical (unpaired) electrons. The second-order valence-electron chi connectivity index (χ2n) is 15.1. The first-order chi connectivity index (χ1) is 28.2. The number of hydrogen-bond acceptors (Lipinski definition) is 4. The quantitative estimate of drug-likeness (QED) is 0.170. The predicted octanol–water partition coefficient (Wildman–Crippen LogP) is 13.8. The Morgan fingerprint density at radius 3 is 2.04 bits per heavy atom. The summed E-state index contributed by atoms with van der Waals surface area (Å²) in [5.74, 6) is 2.53. The van der Waals surface area contributed by atoms with Crippen LogP contribution < -0.4 is 0 Å². The van der Waals surface area contributed by atoms with Crippen molar-refractivity contribution in [3.05, 3.63) is 204 Å². The number of nitrogens with zero attached hydrogens (tertiary/aromatic N) is 3. The molecule has 4 heteroatoms. The Hall–Kier alpha value is -6.75. The predicted molar refractivity (Wildman–Crippen MR) is 240 cm³/mol. The average molecular weight is 748 g/mol. The van der Waals surface area contributed by atoms with Crippen LogP contribution in [-0.2, 0) is 6.42 Å². The molecular formula is C53H37N3S. The van der Waals surface area contributed by atoms with Gasteiger partial charge in [0.05, 0.1) is 0 Å². The van der Waals surface area contributed by atoms with Gasteiger partial charge in [0.25, 0.3) is 0 Å². The van der Waals surface area contributed by atoms with Gasteiger partial charge >= 0.3 is 0 Å². The molecule has 0 bridgehead atoms. The molecule has 57 heavy (non-hydrogen) atoms. The van der Waals surface area contributed by atoms with Gasteiger partial charge in [-0.2, -0.15) is 0 Å². The highest BCUT2D eigenvalue weighted by Crippen LogP contribution is 2.44. The van der Waals surface area contributed by atoms with Gasteiger partial charge < -0.3 is 0 Å². The fraction of sp³-hybridized carbons (Fsp3) is 0.0755. The maximum Gasteiger partial charge on any atom is 0.164 e. The fourth-order valence-corrected chi connectivity index (χ4v) is 9.77. The summed E-state index contributed by atoms with van der Waals surface area (Å²) in [6.07, 6.45) is 18.2. The zero-order valence-electron chi connectivity index (χ0n) is 31.3. The second kappa shape index (κ2) is 14.1. The van der Waals surface area contributed by atoms with Gasteiger partial charge in [-0.15, -0.1) is 11.3 Å². The van der Waals surface area contributed by atoms with Gasteiger partial charge in [0.2, 0.25) is 0 Å². The van der Waals surface area contributed by atoms with E-state index >= 15 is 0 Å². The third-order valence-corrected chi connectivity index (χ3v) is 12.7. The lowest BCUT2D eigenvalue weighted by Gasteiger charge is -2.23. The summed E-state index contributed by atoms with van der Waals surface area (Å²) in [7, 11) is 0. The molecule has 11 rings (SSSR count). The number of allylic oxidation sites excluding steroid dienone is 9. The lowest BCUT2D eigenvalue weighted by Crippen LogP contribution is -2.11. The van der Waals surface area contributed by atoms with Crippen LogP contribution in [0.25, 0.3) is 82.2 Å². The first kappa shape index (κ1) is 33.6. The van der Waals surface area contributed by atoms with Crippen LogP contribution in [0.2, 0.25) is 0 Å². The molecule has 3 aliphatic carbocycles. The molecule has 0 spiro atoms. The highest BCUT2D eigenvalue weighted by atomic mass is 32.1. The smallest absolute Gasteiger partial charge is 0.164 e. The Kier molecular flexibility index (Phi) is 8.29. The van der Waals surface area contributed by atoms with Crippen LogP contribution in [0.4, 0.5) is 0 Å². The highest BCUT2D eigenvalue weighted by Gasteiger charge is 2.24. The molecule has 0 saturated heterocycles. The van der Waals surface area contributed by atoms with E-state index in [0.29, 0.717) is 11.7 Å². The molecule has 2 heterocycles. The Morgan fingerprint density at radius 2 is 1.21 bits per heavy atom. The third kappa shape index (κ3) is 6.29. The molecule has 270 valence electrons. The summed E-state index contributed by atoms with van der Waals surface area (Å²) in [6, 6.07) is 50.3. The number of aryl methyl sites for hydroxylation is 1. The zero-order valence-corrected chi connectivity index (χ0v) is 32.1. The van der Waals surface area contributed by atoms with Crippen LogP contribution in [0, 0.1) is 5.92 Å². The van der Waals surface area contributed by atoms with E-state index in [0.717, 1.165) is 58.7 Å². The lowest BCUT2D eigenvalue weighted by molar-refractivity contribution is 0.783. The maximum atomic E-state index is 5.42. The van der Waals surface area contributed by atoms with Crippen LogP contribution >= 0.6 is 11.3 Å². The molecular weight excluding hydrogens is 711 g/mol. The van der Waals surface area contributed by atoms with E-state index < -0.39 is 0 Å². The van der Waals surface area contributed by atoms with Crippen molar-refractivity contribution in [1.29, 1.82) is 0 Å². The van der Waals surface area contributed by atoms with Gasteiger partial charge in [-0.05, 0) is 111 Å². The van der Waals surface area contributed by atoms with Gasteiger partial charge in [0, 0.05) is 31.7 Å². The summed E-state index contributed by atoms with van der Waals surface area (Å²) >= 11 is 1.83. The first-order valence-corrected chi connectivity index (χ1v) is 20.5. The molecule has 0 aliphatic heterocycles. The Balaban J connectivity index is 1.10. The van der Waals surface area contributed by atoms with Crippen LogP contribution in [0.1, 0.15) is 35.6 Å². The van der Waals surface area contributed by atoms with E-state index in [4.69, 9.17) is 15.0 Å². The van der Waals surface area contributed by atoms with Crippen molar-refractivity contribution in [3.8, 4) is 44.8 Å². The van der Waals surface area contributed by atoms with E-state index in [2.05, 4.69) is 182 Å². The van der Waals surface area contributed by atoms with Crippen molar-refractivity contribution >= 4 is 48.7 Å². The Morgan fingerprint density at radius 1 is 0.509 bits per heavy atom. The van der Waals surface area contributed by atoms with Crippen molar-refractivity contribution in [3.63, 3.8) is 0 Å². The summed E-state index contributed by atoms with van der Waals surface area (Å²) in [6.45, 7) is 0. The van der Waals surface area contributed by atoms with Crippen LogP contribution in [0.3, 0.4) is 0 Å². The molecule has 1 unspecified atom stereocenters. The second-order valence-corrected chi connectivity index (χ2v) is 16.2. The van der Waals surface area contributed by atoms with Crippen molar-refractivity contribution in [2.45, 2.75) is 19.3 Å². The number of rotatable bonds is 6. The maximum absolute atomic E-state index is 5.42. The minimum absolute atomic E-state index is 0.311. The van der Waals surface area contributed by atoms with Crippen molar-refractivity contribution in [2.75, 3.05) is 0 Å². The van der Waals surface area contributed by atoms with E-state index in [9.17, 15) is 0 Å². The van der Waals surface area contributed by atoms with Gasteiger partial charge in [-0.3, -0.25) is 0 Å². The summed E-state index contributed by atoms with van der Waals surface area (Å²) in [5, 5.41) is 2.42. The van der Waals surface area contributed by atoms with Gasteiger partial charge in [0.15, 0.2) is 17.5 Å². The van der Waals surface area contributed by atoms with Gasteiger partial charge in [0.1, 0.15) is 0 Å². The molecule has 6 aromatic carbocycles. The SMILES string of the molecule is C1=CC2=CC=C(c3nc(C4=Cc5ccc(-c6ccccc6)cc5CC4)nc(-c4cc(-c5cccc(-c6ccccc6)c5)cc5sc6ccccc6c45)n3)CC2C=C1. The van der Waals surface area contributed by atoms with Crippen molar-refractivity contribution < 1.29 is 0 Å². The number of benzene rings is 6. The largest absolute Gasteiger partial charge is 0.209 e. The molecule has 3 aliphatic rings. The summed E-state index contributed by atoms with van der Waals surface area (Å²) in [4.78, 5) is 16.1. The minimum atomic E-state index is 0.311. The molecule has 2 aromatic heterocycles. The van der Waals surface area contributed by atoms with E-state index in [1.165, 1.54) is 59.1 Å². The molecule has 0 amide bonds. The van der Waals surface area contributed by atoms with Crippen LogP contribution in [0.15, 0.2) is 182 Å². The molecule has 0 fully saturated rings. The number of aromatic nitrogens is 3. The molecule has 1 atom stereocenters.